The Morgan fingerprint density at radius 2 is 2.10 bits per heavy atom. The fraction of sp³-hybridized carbons (Fsp3) is 0.455. The lowest BCUT2D eigenvalue weighted by atomic mass is 10.2. The highest BCUT2D eigenvalue weighted by molar-refractivity contribution is 5.89. The van der Waals surface area contributed by atoms with Crippen molar-refractivity contribution in [3.63, 3.8) is 0 Å². The van der Waals surface area contributed by atoms with E-state index in [1.54, 1.807) is 0 Å². The quantitative estimate of drug-likeness (QED) is 0.304. The molecule has 0 aliphatic heterocycles. The number of aromatic nitrogens is 1. The summed E-state index contributed by atoms with van der Waals surface area (Å²) in [5.74, 6) is -0.779. The van der Waals surface area contributed by atoms with Crippen LogP contribution in [-0.4, -0.2) is 42.9 Å². The van der Waals surface area contributed by atoms with Gasteiger partial charge in [-0.3, -0.25) is 19.5 Å². The highest BCUT2D eigenvalue weighted by Gasteiger charge is 2.20. The Balaban J connectivity index is 3.08. The van der Waals surface area contributed by atoms with Crippen molar-refractivity contribution in [1.29, 1.82) is 0 Å². The Kier molecular flexibility index (Phi) is 5.81. The minimum absolute atomic E-state index is 0.103. The summed E-state index contributed by atoms with van der Waals surface area (Å²) in [7, 11) is 2.62. The van der Waals surface area contributed by atoms with Crippen molar-refractivity contribution < 1.29 is 23.9 Å². The van der Waals surface area contributed by atoms with Gasteiger partial charge in [-0.05, 0) is 0 Å². The predicted molar refractivity (Wildman–Crippen MR) is 66.5 cm³/mol. The number of nitrogens with zero attached hydrogens (tertiary/aromatic N) is 2. The number of hydrogen-bond acceptors (Lipinski definition) is 7. The zero-order valence-corrected chi connectivity index (χ0v) is 11.0. The van der Waals surface area contributed by atoms with E-state index in [1.807, 2.05) is 0 Å². The maximum Gasteiger partial charge on any atom is 0.339 e. The second-order valence-electron chi connectivity index (χ2n) is 3.67. The molecule has 1 rings (SSSR count). The Morgan fingerprint density at radius 3 is 2.65 bits per heavy atom. The number of methoxy groups -OCH3 is 2. The SMILES string of the molecule is COCCOCn1cc(C(=O)OC)cc([N+](=O)[O-])c1=O. The molecule has 0 spiro atoms. The van der Waals surface area contributed by atoms with Crippen LogP contribution in [0.1, 0.15) is 10.4 Å². The van der Waals surface area contributed by atoms with Gasteiger partial charge in [-0.2, -0.15) is 0 Å². The summed E-state index contributed by atoms with van der Waals surface area (Å²) < 4.78 is 15.3. The summed E-state index contributed by atoms with van der Waals surface area (Å²) in [4.78, 5) is 33.1. The van der Waals surface area contributed by atoms with Crippen molar-refractivity contribution in [2.24, 2.45) is 0 Å². The van der Waals surface area contributed by atoms with Crippen LogP contribution in [0.3, 0.4) is 0 Å². The first-order valence-corrected chi connectivity index (χ1v) is 5.55. The number of nitro groups is 1. The number of esters is 1. The van der Waals surface area contributed by atoms with Gasteiger partial charge < -0.3 is 14.2 Å². The van der Waals surface area contributed by atoms with Gasteiger partial charge in [0, 0.05) is 19.4 Å². The Labute approximate surface area is 113 Å². The first-order chi connectivity index (χ1) is 9.51. The Bertz CT molecular complexity index is 552. The minimum Gasteiger partial charge on any atom is -0.465 e. The number of rotatable bonds is 7. The predicted octanol–water partition coefficient (Wildman–Crippen LogP) is 0.164. The van der Waals surface area contributed by atoms with Gasteiger partial charge in [0.25, 0.3) is 0 Å². The highest BCUT2D eigenvalue weighted by Crippen LogP contribution is 2.09. The third-order valence-corrected chi connectivity index (χ3v) is 2.35. The fourth-order valence-corrected chi connectivity index (χ4v) is 1.38. The van der Waals surface area contributed by atoms with Crippen LogP contribution < -0.4 is 5.56 Å². The van der Waals surface area contributed by atoms with E-state index in [-0.39, 0.29) is 18.9 Å². The van der Waals surface area contributed by atoms with Crippen LogP contribution in [0.5, 0.6) is 0 Å². The summed E-state index contributed by atoms with van der Waals surface area (Å²) in [6.07, 6.45) is 1.15. The van der Waals surface area contributed by atoms with Crippen molar-refractivity contribution in [2.45, 2.75) is 6.73 Å². The maximum atomic E-state index is 11.8. The van der Waals surface area contributed by atoms with Gasteiger partial charge >= 0.3 is 17.2 Å². The molecule has 0 aliphatic rings. The Morgan fingerprint density at radius 1 is 1.40 bits per heavy atom. The van der Waals surface area contributed by atoms with Gasteiger partial charge in [-0.1, -0.05) is 0 Å². The van der Waals surface area contributed by atoms with Crippen LogP contribution in [0.2, 0.25) is 0 Å². The third kappa shape index (κ3) is 3.87. The molecule has 1 aromatic rings. The van der Waals surface area contributed by atoms with E-state index in [4.69, 9.17) is 9.47 Å². The molecule has 1 heterocycles. The van der Waals surface area contributed by atoms with Crippen LogP contribution in [0.25, 0.3) is 0 Å². The summed E-state index contributed by atoms with van der Waals surface area (Å²) >= 11 is 0. The zero-order chi connectivity index (χ0) is 15.1. The minimum atomic E-state index is -0.861. The standard InChI is InChI=1S/C11H14N2O7/c1-18-3-4-20-7-12-6-8(11(15)19-2)5-9(10(12)14)13(16)17/h5-6H,3-4,7H2,1-2H3. The van der Waals surface area contributed by atoms with Crippen molar-refractivity contribution in [3.8, 4) is 0 Å². The highest BCUT2D eigenvalue weighted by atomic mass is 16.6. The molecule has 0 atom stereocenters. The van der Waals surface area contributed by atoms with E-state index in [9.17, 15) is 19.7 Å². The largest absolute Gasteiger partial charge is 0.465 e. The molecule has 1 aromatic heterocycles. The zero-order valence-electron chi connectivity index (χ0n) is 11.0. The molecule has 0 saturated heterocycles. The van der Waals surface area contributed by atoms with Crippen molar-refractivity contribution >= 4 is 11.7 Å². The number of hydrogen-bond donors (Lipinski definition) is 0. The van der Waals surface area contributed by atoms with Crippen molar-refractivity contribution in [1.82, 2.24) is 4.57 Å². The van der Waals surface area contributed by atoms with E-state index in [0.29, 0.717) is 6.61 Å². The van der Waals surface area contributed by atoms with Crippen molar-refractivity contribution in [2.75, 3.05) is 27.4 Å². The van der Waals surface area contributed by atoms with Gasteiger partial charge in [0.2, 0.25) is 0 Å². The smallest absolute Gasteiger partial charge is 0.339 e. The molecule has 9 heteroatoms. The molecule has 110 valence electrons. The molecule has 0 saturated carbocycles. The monoisotopic (exact) mass is 286 g/mol. The number of pyridine rings is 1. The molecule has 20 heavy (non-hydrogen) atoms. The van der Waals surface area contributed by atoms with Crippen LogP contribution >= 0.6 is 0 Å². The molecule has 0 aliphatic carbocycles. The van der Waals surface area contributed by atoms with Gasteiger partial charge in [0.15, 0.2) is 0 Å². The first-order valence-electron chi connectivity index (χ1n) is 5.55. The van der Waals surface area contributed by atoms with E-state index < -0.39 is 22.1 Å². The molecule has 0 radical (unpaired) electrons. The van der Waals surface area contributed by atoms with Crippen LogP contribution in [0.15, 0.2) is 17.1 Å². The maximum absolute atomic E-state index is 11.8. The van der Waals surface area contributed by atoms with Gasteiger partial charge in [-0.25, -0.2) is 4.79 Å². The number of ether oxygens (including phenoxy) is 3. The lowest BCUT2D eigenvalue weighted by Crippen LogP contribution is -2.25. The molecule has 0 fully saturated rings. The van der Waals surface area contributed by atoms with Gasteiger partial charge in [-0.15, -0.1) is 0 Å². The molecule has 0 N–H and O–H groups in total. The molecule has 9 nitrogen and oxygen atoms in total. The summed E-state index contributed by atoms with van der Waals surface area (Å²) in [6, 6.07) is 0.875. The molecule has 0 aromatic carbocycles. The number of carbonyl (C=O) groups excluding carboxylic acids is 1. The van der Waals surface area contributed by atoms with Crippen LogP contribution in [0, 0.1) is 10.1 Å². The lowest BCUT2D eigenvalue weighted by Gasteiger charge is -2.08. The Hall–Kier alpha value is -2.26. The molecule has 0 amide bonds. The number of carbonyl (C=O) groups is 1. The normalized spacial score (nSPS) is 10.3. The molecular weight excluding hydrogens is 272 g/mol. The summed E-state index contributed by atoms with van der Waals surface area (Å²) in [5.41, 5.74) is -1.68. The summed E-state index contributed by atoms with van der Waals surface area (Å²) in [6.45, 7) is 0.292. The van der Waals surface area contributed by atoms with Crippen LogP contribution in [0.4, 0.5) is 5.69 Å². The topological polar surface area (TPSA) is 110 Å². The van der Waals surface area contributed by atoms with E-state index in [1.165, 1.54) is 7.11 Å². The average Bonchev–Trinajstić information content (AvgIpc) is 2.43. The molecule has 0 bridgehead atoms. The molecular formula is C11H14N2O7. The fourth-order valence-electron chi connectivity index (χ4n) is 1.38. The first kappa shape index (κ1) is 15.8. The van der Waals surface area contributed by atoms with Gasteiger partial charge in [0.1, 0.15) is 6.73 Å². The molecule has 0 unspecified atom stereocenters. The van der Waals surface area contributed by atoms with E-state index >= 15 is 0 Å². The van der Waals surface area contributed by atoms with Crippen molar-refractivity contribution in [3.05, 3.63) is 38.3 Å². The van der Waals surface area contributed by atoms with E-state index in [0.717, 1.165) is 23.9 Å². The van der Waals surface area contributed by atoms with Gasteiger partial charge in [0.05, 0.1) is 30.8 Å². The third-order valence-electron chi connectivity index (χ3n) is 2.35. The second-order valence-corrected chi connectivity index (χ2v) is 3.67. The average molecular weight is 286 g/mol. The van der Waals surface area contributed by atoms with E-state index in [2.05, 4.69) is 4.74 Å². The second kappa shape index (κ2) is 7.36. The summed E-state index contributed by atoms with van der Waals surface area (Å²) in [5, 5.41) is 10.8. The van der Waals surface area contributed by atoms with Crippen LogP contribution in [-0.2, 0) is 20.9 Å². The lowest BCUT2D eigenvalue weighted by molar-refractivity contribution is -0.386.